The third kappa shape index (κ3) is 4.73. The molecule has 16 heavy (non-hydrogen) atoms. The summed E-state index contributed by atoms with van der Waals surface area (Å²) in [5, 5.41) is 3.86. The average Bonchev–Trinajstić information content (AvgIpc) is 2.25. The van der Waals surface area contributed by atoms with Gasteiger partial charge in [-0.1, -0.05) is 24.6 Å². The van der Waals surface area contributed by atoms with Crippen LogP contribution in [0.4, 0.5) is 4.39 Å². The molecule has 0 spiro atoms. The molecular weight excluding hydrogens is 245 g/mol. The highest BCUT2D eigenvalue weighted by Gasteiger charge is 2.04. The molecule has 0 heterocycles. The van der Waals surface area contributed by atoms with E-state index in [1.807, 2.05) is 11.8 Å². The Morgan fingerprint density at radius 3 is 2.88 bits per heavy atom. The van der Waals surface area contributed by atoms with E-state index in [0.29, 0.717) is 17.6 Å². The second-order valence-corrected chi connectivity index (χ2v) is 5.40. The molecule has 0 aliphatic rings. The lowest BCUT2D eigenvalue weighted by Gasteiger charge is -2.13. The maximum Gasteiger partial charge on any atom is 0.124 e. The molecule has 0 amide bonds. The van der Waals surface area contributed by atoms with Crippen LogP contribution in [0.1, 0.15) is 19.4 Å². The predicted octanol–water partition coefficient (Wildman–Crippen LogP) is 3.71. The first kappa shape index (κ1) is 13.8. The molecule has 1 aromatic carbocycles. The first-order chi connectivity index (χ1) is 7.63. The molecule has 0 bridgehead atoms. The standard InChI is InChI=1S/C12H17ClFNS/c1-3-16-8-9(2)15-7-10-4-5-11(14)6-12(10)13/h4-6,9,15H,3,7-8H2,1-2H3. The number of hydrogen-bond donors (Lipinski definition) is 1. The van der Waals surface area contributed by atoms with Gasteiger partial charge in [-0.2, -0.15) is 11.8 Å². The Morgan fingerprint density at radius 1 is 1.50 bits per heavy atom. The molecule has 0 saturated carbocycles. The molecule has 0 fully saturated rings. The van der Waals surface area contributed by atoms with Crippen LogP contribution in [0.15, 0.2) is 18.2 Å². The maximum atomic E-state index is 12.8. The zero-order chi connectivity index (χ0) is 12.0. The molecule has 1 N–H and O–H groups in total. The molecule has 4 heteroatoms. The third-order valence-corrected chi connectivity index (χ3v) is 3.72. The van der Waals surface area contributed by atoms with Crippen LogP contribution in [0.5, 0.6) is 0 Å². The highest BCUT2D eigenvalue weighted by molar-refractivity contribution is 7.99. The molecule has 1 unspecified atom stereocenters. The summed E-state index contributed by atoms with van der Waals surface area (Å²) in [6.45, 7) is 4.97. The minimum atomic E-state index is -0.289. The van der Waals surface area contributed by atoms with E-state index in [2.05, 4.69) is 19.2 Å². The SMILES string of the molecule is CCSCC(C)NCc1ccc(F)cc1Cl. The van der Waals surface area contributed by atoms with E-state index in [1.165, 1.54) is 12.1 Å². The van der Waals surface area contributed by atoms with Crippen molar-refractivity contribution < 1.29 is 4.39 Å². The van der Waals surface area contributed by atoms with Crippen LogP contribution in [-0.2, 0) is 6.54 Å². The van der Waals surface area contributed by atoms with Gasteiger partial charge in [-0.15, -0.1) is 0 Å². The summed E-state index contributed by atoms with van der Waals surface area (Å²) >= 11 is 7.83. The molecule has 90 valence electrons. The molecule has 0 aromatic heterocycles. The number of nitrogens with one attached hydrogen (secondary N) is 1. The molecule has 1 atom stereocenters. The number of rotatable bonds is 6. The quantitative estimate of drug-likeness (QED) is 0.838. The lowest BCUT2D eigenvalue weighted by Crippen LogP contribution is -2.27. The Bertz CT molecular complexity index is 333. The fraction of sp³-hybridized carbons (Fsp3) is 0.500. The zero-order valence-corrected chi connectivity index (χ0v) is 11.2. The summed E-state index contributed by atoms with van der Waals surface area (Å²) in [7, 11) is 0. The normalized spacial score (nSPS) is 12.8. The van der Waals surface area contributed by atoms with Crippen LogP contribution < -0.4 is 5.32 Å². The Kier molecular flexibility index (Phi) is 6.17. The van der Waals surface area contributed by atoms with Crippen molar-refractivity contribution in [3.63, 3.8) is 0 Å². The van der Waals surface area contributed by atoms with E-state index in [-0.39, 0.29) is 5.82 Å². The average molecular weight is 262 g/mol. The first-order valence-electron chi connectivity index (χ1n) is 5.38. The van der Waals surface area contributed by atoms with Crippen LogP contribution in [0, 0.1) is 5.82 Å². The van der Waals surface area contributed by atoms with Crippen LogP contribution >= 0.6 is 23.4 Å². The Balaban J connectivity index is 2.42. The van der Waals surface area contributed by atoms with E-state index in [4.69, 9.17) is 11.6 Å². The molecule has 0 saturated heterocycles. The molecule has 0 aliphatic carbocycles. The van der Waals surface area contributed by atoms with E-state index in [9.17, 15) is 4.39 Å². The lowest BCUT2D eigenvalue weighted by atomic mass is 10.2. The van der Waals surface area contributed by atoms with Gasteiger partial charge in [0.05, 0.1) is 0 Å². The number of thioether (sulfide) groups is 1. The second-order valence-electron chi connectivity index (χ2n) is 3.68. The summed E-state index contributed by atoms with van der Waals surface area (Å²) in [6.07, 6.45) is 0. The largest absolute Gasteiger partial charge is 0.309 e. The van der Waals surface area contributed by atoms with Crippen LogP contribution in [-0.4, -0.2) is 17.5 Å². The highest BCUT2D eigenvalue weighted by atomic mass is 35.5. The van der Waals surface area contributed by atoms with Gasteiger partial charge < -0.3 is 5.32 Å². The van der Waals surface area contributed by atoms with Gasteiger partial charge >= 0.3 is 0 Å². The Labute approximate surface area is 106 Å². The van der Waals surface area contributed by atoms with Crippen molar-refractivity contribution in [2.24, 2.45) is 0 Å². The van der Waals surface area contributed by atoms with Gasteiger partial charge in [-0.3, -0.25) is 0 Å². The summed E-state index contributed by atoms with van der Waals surface area (Å²) in [5.74, 6) is 1.92. The molecule has 0 radical (unpaired) electrons. The van der Waals surface area contributed by atoms with Gasteiger partial charge in [-0.05, 0) is 30.4 Å². The van der Waals surface area contributed by atoms with Crippen molar-refractivity contribution in [1.82, 2.24) is 5.32 Å². The van der Waals surface area contributed by atoms with Crippen LogP contribution in [0.2, 0.25) is 5.02 Å². The van der Waals surface area contributed by atoms with Crippen LogP contribution in [0.25, 0.3) is 0 Å². The topological polar surface area (TPSA) is 12.0 Å². The maximum absolute atomic E-state index is 12.8. The minimum absolute atomic E-state index is 0.289. The van der Waals surface area contributed by atoms with Gasteiger partial charge in [0.1, 0.15) is 5.82 Å². The zero-order valence-electron chi connectivity index (χ0n) is 9.59. The first-order valence-corrected chi connectivity index (χ1v) is 6.91. The summed E-state index contributed by atoms with van der Waals surface area (Å²) in [5.41, 5.74) is 0.941. The highest BCUT2D eigenvalue weighted by Crippen LogP contribution is 2.17. The molecule has 0 aliphatic heterocycles. The fourth-order valence-corrected chi connectivity index (χ4v) is 2.24. The smallest absolute Gasteiger partial charge is 0.124 e. The molecule has 1 rings (SSSR count). The van der Waals surface area contributed by atoms with Gasteiger partial charge in [0.15, 0.2) is 0 Å². The molecule has 1 nitrogen and oxygen atoms in total. The number of halogens is 2. The van der Waals surface area contributed by atoms with E-state index in [1.54, 1.807) is 6.07 Å². The monoisotopic (exact) mass is 261 g/mol. The van der Waals surface area contributed by atoms with Crippen molar-refractivity contribution in [1.29, 1.82) is 0 Å². The van der Waals surface area contributed by atoms with Crippen LogP contribution in [0.3, 0.4) is 0 Å². The van der Waals surface area contributed by atoms with E-state index in [0.717, 1.165) is 17.1 Å². The summed E-state index contributed by atoms with van der Waals surface area (Å²) in [6, 6.07) is 4.95. The molecular formula is C12H17ClFNS. The van der Waals surface area contributed by atoms with Crippen molar-refractivity contribution in [2.45, 2.75) is 26.4 Å². The Morgan fingerprint density at radius 2 is 2.25 bits per heavy atom. The van der Waals surface area contributed by atoms with Crippen molar-refractivity contribution in [2.75, 3.05) is 11.5 Å². The van der Waals surface area contributed by atoms with Gasteiger partial charge in [0.2, 0.25) is 0 Å². The van der Waals surface area contributed by atoms with E-state index < -0.39 is 0 Å². The van der Waals surface area contributed by atoms with Gasteiger partial charge in [0, 0.05) is 23.4 Å². The van der Waals surface area contributed by atoms with Crippen molar-refractivity contribution in [3.8, 4) is 0 Å². The number of benzene rings is 1. The summed E-state index contributed by atoms with van der Waals surface area (Å²) < 4.78 is 12.8. The summed E-state index contributed by atoms with van der Waals surface area (Å²) in [4.78, 5) is 0. The van der Waals surface area contributed by atoms with Gasteiger partial charge in [-0.25, -0.2) is 4.39 Å². The predicted molar refractivity (Wildman–Crippen MR) is 70.7 cm³/mol. The molecule has 1 aromatic rings. The number of hydrogen-bond acceptors (Lipinski definition) is 2. The Hall–Kier alpha value is -0.250. The van der Waals surface area contributed by atoms with Crippen molar-refractivity contribution in [3.05, 3.63) is 34.6 Å². The lowest BCUT2D eigenvalue weighted by molar-refractivity contribution is 0.592. The third-order valence-electron chi connectivity index (χ3n) is 2.23. The van der Waals surface area contributed by atoms with Gasteiger partial charge in [0.25, 0.3) is 0 Å². The van der Waals surface area contributed by atoms with Crippen molar-refractivity contribution >= 4 is 23.4 Å². The minimum Gasteiger partial charge on any atom is -0.309 e. The van der Waals surface area contributed by atoms with E-state index >= 15 is 0 Å². The second kappa shape index (κ2) is 7.15. The fourth-order valence-electron chi connectivity index (χ4n) is 1.30.